The summed E-state index contributed by atoms with van der Waals surface area (Å²) in [5.41, 5.74) is -4.02. The third-order valence-corrected chi connectivity index (χ3v) is 6.34. The second-order valence-corrected chi connectivity index (χ2v) is 9.58. The number of carbonyl (C=O) groups is 1. The summed E-state index contributed by atoms with van der Waals surface area (Å²) in [7, 11) is 3.59. The molecule has 0 bridgehead atoms. The van der Waals surface area contributed by atoms with E-state index in [0.29, 0.717) is 24.0 Å². The van der Waals surface area contributed by atoms with E-state index < -0.39 is 47.3 Å². The van der Waals surface area contributed by atoms with Gasteiger partial charge in [-0.15, -0.1) is 0 Å². The highest BCUT2D eigenvalue weighted by Crippen LogP contribution is 2.41. The topological polar surface area (TPSA) is 61.4 Å². The van der Waals surface area contributed by atoms with Gasteiger partial charge in [0.25, 0.3) is 0 Å². The van der Waals surface area contributed by atoms with Crippen LogP contribution in [0.25, 0.3) is 0 Å². The maximum atomic E-state index is 13.5. The fraction of sp³-hybridized carbons (Fsp3) is 0.542. The predicted molar refractivity (Wildman–Crippen MR) is 125 cm³/mol. The van der Waals surface area contributed by atoms with Gasteiger partial charge in [-0.25, -0.2) is 4.98 Å². The van der Waals surface area contributed by atoms with Crippen molar-refractivity contribution in [2.24, 2.45) is 5.92 Å². The van der Waals surface area contributed by atoms with Crippen LogP contribution in [0.1, 0.15) is 42.5 Å². The number of aromatic nitrogens is 2. The third-order valence-electron chi connectivity index (χ3n) is 6.34. The molecule has 1 saturated carbocycles. The van der Waals surface area contributed by atoms with Gasteiger partial charge in [0.15, 0.2) is 0 Å². The van der Waals surface area contributed by atoms with Crippen molar-refractivity contribution in [3.05, 3.63) is 41.1 Å². The van der Waals surface area contributed by atoms with Crippen molar-refractivity contribution < 1.29 is 44.3 Å². The summed E-state index contributed by atoms with van der Waals surface area (Å²) in [6.07, 6.45) is -15.7. The molecule has 0 spiro atoms. The SMILES string of the molecule is Cc1cc(N(C)C)nc(NCC2CCC(N(C(=O)C(F)(F)F)c3cc(C(F)(F)F)cc(C(F)(F)F)c3)CC2)n1. The summed E-state index contributed by atoms with van der Waals surface area (Å²) in [4.78, 5) is 22.7. The molecular formula is C24H26F9N5O. The Morgan fingerprint density at radius 1 is 0.872 bits per heavy atom. The van der Waals surface area contributed by atoms with Crippen LogP contribution in [-0.4, -0.2) is 48.7 Å². The fourth-order valence-electron chi connectivity index (χ4n) is 4.41. The normalized spacial score (nSPS) is 18.6. The van der Waals surface area contributed by atoms with Gasteiger partial charge in [-0.05, 0) is 56.7 Å². The van der Waals surface area contributed by atoms with Crippen LogP contribution in [0.3, 0.4) is 0 Å². The lowest BCUT2D eigenvalue weighted by Gasteiger charge is -2.37. The Kier molecular flexibility index (Phi) is 8.60. The highest BCUT2D eigenvalue weighted by molar-refractivity contribution is 5.98. The van der Waals surface area contributed by atoms with Gasteiger partial charge in [0.2, 0.25) is 5.95 Å². The van der Waals surface area contributed by atoms with Gasteiger partial charge in [-0.1, -0.05) is 0 Å². The molecule has 0 unspecified atom stereocenters. The number of aryl methyl sites for hydroxylation is 1. The molecule has 2 aromatic rings. The first-order valence-corrected chi connectivity index (χ1v) is 11.8. The van der Waals surface area contributed by atoms with E-state index in [0.717, 1.165) is 0 Å². The third kappa shape index (κ3) is 7.66. The van der Waals surface area contributed by atoms with E-state index in [-0.39, 0.29) is 54.7 Å². The number of amides is 1. The average molecular weight is 571 g/mol. The molecule has 1 amide bonds. The number of hydrogen-bond donors (Lipinski definition) is 1. The molecule has 0 radical (unpaired) electrons. The van der Waals surface area contributed by atoms with Crippen molar-refractivity contribution in [1.29, 1.82) is 0 Å². The minimum Gasteiger partial charge on any atom is -0.363 e. The second kappa shape index (κ2) is 11.1. The zero-order chi connectivity index (χ0) is 29.3. The van der Waals surface area contributed by atoms with Crippen LogP contribution in [0.5, 0.6) is 0 Å². The van der Waals surface area contributed by atoms with Crippen LogP contribution >= 0.6 is 0 Å². The molecule has 1 aliphatic rings. The van der Waals surface area contributed by atoms with E-state index in [9.17, 15) is 44.3 Å². The van der Waals surface area contributed by atoms with Crippen molar-refractivity contribution in [1.82, 2.24) is 9.97 Å². The largest absolute Gasteiger partial charge is 0.471 e. The lowest BCUT2D eigenvalue weighted by molar-refractivity contribution is -0.171. The van der Waals surface area contributed by atoms with Crippen molar-refractivity contribution in [3.63, 3.8) is 0 Å². The summed E-state index contributed by atoms with van der Waals surface area (Å²) in [5, 5.41) is 3.06. The first-order chi connectivity index (χ1) is 17.9. The van der Waals surface area contributed by atoms with Gasteiger partial charge < -0.3 is 15.1 Å². The van der Waals surface area contributed by atoms with Gasteiger partial charge in [0.05, 0.1) is 11.1 Å². The fourth-order valence-corrected chi connectivity index (χ4v) is 4.41. The Hall–Kier alpha value is -3.26. The molecule has 1 heterocycles. The molecule has 1 aromatic carbocycles. The van der Waals surface area contributed by atoms with Crippen LogP contribution in [0.4, 0.5) is 57.0 Å². The number of alkyl halides is 9. The monoisotopic (exact) mass is 571 g/mol. The predicted octanol–water partition coefficient (Wildman–Crippen LogP) is 6.45. The Labute approximate surface area is 218 Å². The molecule has 0 atom stereocenters. The number of nitrogens with one attached hydrogen (secondary N) is 1. The van der Waals surface area contributed by atoms with Crippen LogP contribution in [-0.2, 0) is 17.1 Å². The summed E-state index contributed by atoms with van der Waals surface area (Å²) in [5.74, 6) is -1.66. The Balaban J connectivity index is 1.84. The number of nitrogens with zero attached hydrogens (tertiary/aromatic N) is 4. The Morgan fingerprint density at radius 2 is 1.41 bits per heavy atom. The molecule has 1 aromatic heterocycles. The van der Waals surface area contributed by atoms with Gasteiger partial charge in [0.1, 0.15) is 5.82 Å². The average Bonchev–Trinajstić information content (AvgIpc) is 2.81. The Morgan fingerprint density at radius 3 is 1.87 bits per heavy atom. The van der Waals surface area contributed by atoms with Gasteiger partial charge >= 0.3 is 24.4 Å². The molecular weight excluding hydrogens is 545 g/mol. The number of halogens is 9. The number of rotatable bonds is 6. The van der Waals surface area contributed by atoms with E-state index in [2.05, 4.69) is 15.3 Å². The van der Waals surface area contributed by atoms with Gasteiger partial charge in [-0.3, -0.25) is 4.79 Å². The lowest BCUT2D eigenvalue weighted by atomic mass is 9.85. The first-order valence-electron chi connectivity index (χ1n) is 11.8. The highest BCUT2D eigenvalue weighted by Gasteiger charge is 2.47. The lowest BCUT2D eigenvalue weighted by Crippen LogP contribution is -2.49. The zero-order valence-electron chi connectivity index (χ0n) is 21.1. The molecule has 1 fully saturated rings. The maximum Gasteiger partial charge on any atom is 0.471 e. The van der Waals surface area contributed by atoms with E-state index in [1.165, 1.54) is 0 Å². The Bertz CT molecular complexity index is 1140. The molecule has 216 valence electrons. The summed E-state index contributed by atoms with van der Waals surface area (Å²) >= 11 is 0. The van der Waals surface area contributed by atoms with Crippen molar-refractivity contribution in [2.75, 3.05) is 35.8 Å². The molecule has 39 heavy (non-hydrogen) atoms. The van der Waals surface area contributed by atoms with E-state index in [1.807, 2.05) is 0 Å². The second-order valence-electron chi connectivity index (χ2n) is 9.58. The highest BCUT2D eigenvalue weighted by atomic mass is 19.4. The molecule has 1 N–H and O–H groups in total. The smallest absolute Gasteiger partial charge is 0.363 e. The van der Waals surface area contributed by atoms with Crippen molar-refractivity contribution in [3.8, 4) is 0 Å². The van der Waals surface area contributed by atoms with Crippen molar-refractivity contribution >= 4 is 23.4 Å². The van der Waals surface area contributed by atoms with E-state index in [1.54, 1.807) is 32.0 Å². The maximum absolute atomic E-state index is 13.5. The number of benzene rings is 1. The minimum atomic E-state index is -5.52. The molecule has 6 nitrogen and oxygen atoms in total. The van der Waals surface area contributed by atoms with Crippen LogP contribution in [0.15, 0.2) is 24.3 Å². The van der Waals surface area contributed by atoms with E-state index in [4.69, 9.17) is 0 Å². The van der Waals surface area contributed by atoms with Gasteiger partial charge in [-0.2, -0.15) is 44.5 Å². The molecule has 1 aliphatic carbocycles. The van der Waals surface area contributed by atoms with Crippen LogP contribution in [0.2, 0.25) is 0 Å². The summed E-state index contributed by atoms with van der Waals surface area (Å²) in [6, 6.07) is 0.599. The molecule has 15 heteroatoms. The van der Waals surface area contributed by atoms with Crippen molar-refractivity contribution in [2.45, 2.75) is 57.2 Å². The number of carbonyl (C=O) groups excluding carboxylic acids is 1. The molecule has 0 aliphatic heterocycles. The number of hydrogen-bond acceptors (Lipinski definition) is 5. The molecule has 3 rings (SSSR count). The van der Waals surface area contributed by atoms with Gasteiger partial charge in [0, 0.05) is 44.1 Å². The number of anilines is 3. The summed E-state index contributed by atoms with van der Waals surface area (Å²) in [6.45, 7) is 2.10. The first kappa shape index (κ1) is 30.3. The minimum absolute atomic E-state index is 0.0289. The van der Waals surface area contributed by atoms with Crippen LogP contribution < -0.4 is 15.1 Å². The van der Waals surface area contributed by atoms with Crippen LogP contribution in [0, 0.1) is 12.8 Å². The standard InChI is InChI=1S/C24H26F9N5O/c1-13-8-19(37(2)3)36-21(35-13)34-12-14-4-6-17(7-5-14)38(20(39)24(31,32)33)18-10-15(22(25,26)27)9-16(11-18)23(28,29)30/h8-11,14,17H,4-7,12H2,1-3H3,(H,34,35,36). The molecule has 0 saturated heterocycles. The quantitative estimate of drug-likeness (QED) is 0.404. The summed E-state index contributed by atoms with van der Waals surface area (Å²) < 4.78 is 120. The van der Waals surface area contributed by atoms with E-state index >= 15 is 0 Å². The zero-order valence-corrected chi connectivity index (χ0v) is 21.1.